The van der Waals surface area contributed by atoms with E-state index < -0.39 is 5.60 Å². The van der Waals surface area contributed by atoms with Crippen LogP contribution in [0.15, 0.2) is 6.20 Å². The Bertz CT molecular complexity index is 535. The van der Waals surface area contributed by atoms with Crippen molar-refractivity contribution in [1.29, 1.82) is 0 Å². The highest BCUT2D eigenvalue weighted by atomic mass is 127. The van der Waals surface area contributed by atoms with Gasteiger partial charge in [0, 0.05) is 19.3 Å². The smallest absolute Gasteiger partial charge is 0.407 e. The summed E-state index contributed by atoms with van der Waals surface area (Å²) in [6, 6.07) is 0.0457. The van der Waals surface area contributed by atoms with Gasteiger partial charge in [-0.05, 0) is 61.4 Å². The third kappa shape index (κ3) is 4.84. The minimum atomic E-state index is -0.488. The van der Waals surface area contributed by atoms with Crippen LogP contribution in [0.4, 0.5) is 10.6 Å². The Balaban J connectivity index is 1.95. The third-order valence-corrected chi connectivity index (χ3v) is 3.85. The topological polar surface area (TPSA) is 67.3 Å². The zero-order valence-corrected chi connectivity index (χ0v) is 15.1. The molecule has 1 atom stereocenters. The van der Waals surface area contributed by atoms with E-state index >= 15 is 0 Å². The van der Waals surface area contributed by atoms with Crippen LogP contribution in [-0.2, 0) is 4.74 Å². The van der Waals surface area contributed by atoms with E-state index in [9.17, 15) is 4.79 Å². The minimum Gasteiger partial charge on any atom is -0.444 e. The molecule has 6 nitrogen and oxygen atoms in total. The first-order valence-corrected chi connectivity index (χ1v) is 8.13. The van der Waals surface area contributed by atoms with Crippen molar-refractivity contribution >= 4 is 46.1 Å². The summed E-state index contributed by atoms with van der Waals surface area (Å²) in [4.78, 5) is 22.1. The van der Waals surface area contributed by atoms with E-state index in [-0.39, 0.29) is 17.4 Å². The average Bonchev–Trinajstić information content (AvgIpc) is 2.78. The summed E-state index contributed by atoms with van der Waals surface area (Å²) in [5.41, 5.74) is -0.488. The Hall–Kier alpha value is -0.830. The second kappa shape index (κ2) is 6.51. The summed E-state index contributed by atoms with van der Waals surface area (Å²) in [5.74, 6) is 0.809. The van der Waals surface area contributed by atoms with Gasteiger partial charge in [-0.1, -0.05) is 0 Å². The first-order chi connectivity index (χ1) is 9.74. The first kappa shape index (κ1) is 16.5. The molecule has 1 unspecified atom stereocenters. The van der Waals surface area contributed by atoms with Gasteiger partial charge in [-0.25, -0.2) is 9.78 Å². The number of alkyl carbamates (subject to hydrolysis) is 1. The molecule has 8 heteroatoms. The lowest BCUT2D eigenvalue weighted by Gasteiger charge is -2.22. The summed E-state index contributed by atoms with van der Waals surface area (Å²) in [5, 5.41) is 3.12. The maximum absolute atomic E-state index is 11.8. The maximum Gasteiger partial charge on any atom is 0.407 e. The van der Waals surface area contributed by atoms with Gasteiger partial charge in [-0.15, -0.1) is 0 Å². The summed E-state index contributed by atoms with van der Waals surface area (Å²) in [7, 11) is 0. The number of hydrogen-bond acceptors (Lipinski definition) is 5. The van der Waals surface area contributed by atoms with Crippen LogP contribution in [0.2, 0.25) is 5.28 Å². The molecule has 1 amide bonds. The highest BCUT2D eigenvalue weighted by Crippen LogP contribution is 2.24. The SMILES string of the molecule is CC(C)(C)OC(=O)NC1CCN(c2nc(Cl)ncc2I)C1. The summed E-state index contributed by atoms with van der Waals surface area (Å²) < 4.78 is 6.21. The Kier molecular flexibility index (Phi) is 5.13. The molecular formula is C13H18ClIN4O2. The molecule has 0 saturated carbocycles. The summed E-state index contributed by atoms with van der Waals surface area (Å²) in [6.07, 6.45) is 2.15. The van der Waals surface area contributed by atoms with Crippen molar-refractivity contribution in [3.05, 3.63) is 15.1 Å². The van der Waals surface area contributed by atoms with Crippen molar-refractivity contribution in [2.75, 3.05) is 18.0 Å². The van der Waals surface area contributed by atoms with Gasteiger partial charge in [0.2, 0.25) is 5.28 Å². The van der Waals surface area contributed by atoms with Crippen molar-refractivity contribution in [2.45, 2.75) is 38.8 Å². The van der Waals surface area contributed by atoms with Crippen LogP contribution < -0.4 is 10.2 Å². The standard InChI is InChI=1S/C13H18ClIN4O2/c1-13(2,3)21-12(20)17-8-4-5-19(7-8)10-9(15)6-16-11(14)18-10/h6,8H,4-5,7H2,1-3H3,(H,17,20). The van der Waals surface area contributed by atoms with Gasteiger partial charge in [0.1, 0.15) is 11.4 Å². The van der Waals surface area contributed by atoms with E-state index in [4.69, 9.17) is 16.3 Å². The molecule has 1 fully saturated rings. The lowest BCUT2D eigenvalue weighted by molar-refractivity contribution is 0.0509. The van der Waals surface area contributed by atoms with Crippen LogP contribution >= 0.6 is 34.2 Å². The van der Waals surface area contributed by atoms with Crippen LogP contribution in [0.25, 0.3) is 0 Å². The molecule has 0 aromatic carbocycles. The van der Waals surface area contributed by atoms with Gasteiger partial charge in [0.05, 0.1) is 9.61 Å². The van der Waals surface area contributed by atoms with E-state index in [1.165, 1.54) is 0 Å². The van der Waals surface area contributed by atoms with Gasteiger partial charge in [-0.2, -0.15) is 4.98 Å². The molecule has 0 radical (unpaired) electrons. The van der Waals surface area contributed by atoms with Crippen molar-refractivity contribution < 1.29 is 9.53 Å². The van der Waals surface area contributed by atoms with E-state index in [0.717, 1.165) is 22.4 Å². The number of carbonyl (C=O) groups is 1. The Morgan fingerprint density at radius 3 is 2.95 bits per heavy atom. The molecule has 2 rings (SSSR count). The highest BCUT2D eigenvalue weighted by molar-refractivity contribution is 14.1. The van der Waals surface area contributed by atoms with Gasteiger partial charge in [-0.3, -0.25) is 0 Å². The summed E-state index contributed by atoms with van der Waals surface area (Å²) in [6.45, 7) is 7.03. The molecule has 1 aromatic heterocycles. The van der Waals surface area contributed by atoms with Crippen LogP contribution in [0, 0.1) is 3.57 Å². The van der Waals surface area contributed by atoms with Crippen LogP contribution in [0.1, 0.15) is 27.2 Å². The third-order valence-electron chi connectivity index (χ3n) is 2.90. The molecule has 0 aliphatic carbocycles. The second-order valence-electron chi connectivity index (χ2n) is 5.89. The van der Waals surface area contributed by atoms with Gasteiger partial charge in [0.15, 0.2) is 0 Å². The maximum atomic E-state index is 11.8. The van der Waals surface area contributed by atoms with Crippen molar-refractivity contribution in [3.8, 4) is 0 Å². The zero-order chi connectivity index (χ0) is 15.6. The Labute approximate surface area is 142 Å². The van der Waals surface area contributed by atoms with Crippen molar-refractivity contribution in [2.24, 2.45) is 0 Å². The number of rotatable bonds is 2. The molecule has 1 N–H and O–H groups in total. The molecular weight excluding hydrogens is 407 g/mol. The molecule has 21 heavy (non-hydrogen) atoms. The van der Waals surface area contributed by atoms with Crippen LogP contribution in [-0.4, -0.2) is 40.8 Å². The molecule has 0 spiro atoms. The first-order valence-electron chi connectivity index (χ1n) is 6.67. The fourth-order valence-electron chi connectivity index (χ4n) is 2.10. The second-order valence-corrected chi connectivity index (χ2v) is 7.39. The fraction of sp³-hybridized carbons (Fsp3) is 0.615. The molecule has 1 aliphatic heterocycles. The van der Waals surface area contributed by atoms with E-state index in [1.807, 2.05) is 20.8 Å². The van der Waals surface area contributed by atoms with Crippen LogP contribution in [0.3, 0.4) is 0 Å². The normalized spacial score (nSPS) is 18.7. The minimum absolute atomic E-state index is 0.0457. The highest BCUT2D eigenvalue weighted by Gasteiger charge is 2.28. The zero-order valence-electron chi connectivity index (χ0n) is 12.2. The van der Waals surface area contributed by atoms with Gasteiger partial charge < -0.3 is 15.0 Å². The Morgan fingerprint density at radius 2 is 2.29 bits per heavy atom. The predicted octanol–water partition coefficient (Wildman–Crippen LogP) is 2.84. The number of carbonyl (C=O) groups excluding carboxylic acids is 1. The molecule has 1 aromatic rings. The quantitative estimate of drug-likeness (QED) is 0.584. The largest absolute Gasteiger partial charge is 0.444 e. The van der Waals surface area contributed by atoms with Crippen LogP contribution in [0.5, 0.6) is 0 Å². The van der Waals surface area contributed by atoms with Crippen molar-refractivity contribution in [3.63, 3.8) is 0 Å². The van der Waals surface area contributed by atoms with E-state index in [2.05, 4.69) is 42.8 Å². The van der Waals surface area contributed by atoms with Crippen molar-refractivity contribution in [1.82, 2.24) is 15.3 Å². The van der Waals surface area contributed by atoms with Gasteiger partial charge in [0.25, 0.3) is 0 Å². The lowest BCUT2D eigenvalue weighted by Crippen LogP contribution is -2.40. The average molecular weight is 425 g/mol. The summed E-state index contributed by atoms with van der Waals surface area (Å²) >= 11 is 8.03. The number of aromatic nitrogens is 2. The molecule has 2 heterocycles. The molecule has 1 saturated heterocycles. The molecule has 0 bridgehead atoms. The number of nitrogens with zero attached hydrogens (tertiary/aromatic N) is 3. The van der Waals surface area contributed by atoms with E-state index in [0.29, 0.717) is 6.54 Å². The lowest BCUT2D eigenvalue weighted by atomic mass is 10.2. The number of ether oxygens (including phenoxy) is 1. The monoisotopic (exact) mass is 424 g/mol. The number of halogens is 2. The number of amides is 1. The number of anilines is 1. The van der Waals surface area contributed by atoms with E-state index in [1.54, 1.807) is 6.20 Å². The number of hydrogen-bond donors (Lipinski definition) is 1. The molecule has 116 valence electrons. The Morgan fingerprint density at radius 1 is 1.57 bits per heavy atom. The number of nitrogens with one attached hydrogen (secondary N) is 1. The molecule has 1 aliphatic rings. The fourth-order valence-corrected chi connectivity index (χ4v) is 2.83. The van der Waals surface area contributed by atoms with Gasteiger partial charge >= 0.3 is 6.09 Å². The predicted molar refractivity (Wildman–Crippen MR) is 89.7 cm³/mol.